The molecule has 1 unspecified atom stereocenters. The van der Waals surface area contributed by atoms with Crippen molar-refractivity contribution in [2.45, 2.75) is 13.0 Å². The Morgan fingerprint density at radius 1 is 1.67 bits per heavy atom. The zero-order chi connectivity index (χ0) is 10.8. The van der Waals surface area contributed by atoms with Gasteiger partial charge in [-0.05, 0) is 6.92 Å². The first-order valence-electron chi connectivity index (χ1n) is 4.94. The van der Waals surface area contributed by atoms with Gasteiger partial charge in [-0.3, -0.25) is 0 Å². The lowest BCUT2D eigenvalue weighted by Gasteiger charge is -2.34. The molecule has 0 aliphatic carbocycles. The van der Waals surface area contributed by atoms with Gasteiger partial charge in [-0.2, -0.15) is 0 Å². The van der Waals surface area contributed by atoms with Gasteiger partial charge in [0.1, 0.15) is 5.82 Å². The van der Waals surface area contributed by atoms with Gasteiger partial charge in [0, 0.05) is 18.8 Å². The summed E-state index contributed by atoms with van der Waals surface area (Å²) in [6.45, 7) is 4.40. The van der Waals surface area contributed by atoms with Crippen LogP contribution in [0.1, 0.15) is 6.92 Å². The third-order valence-corrected chi connectivity index (χ3v) is 2.85. The summed E-state index contributed by atoms with van der Waals surface area (Å²) in [6, 6.07) is 2.14. The first kappa shape index (κ1) is 10.5. The molecule has 2 rings (SSSR count). The van der Waals surface area contributed by atoms with Crippen molar-refractivity contribution < 1.29 is 4.74 Å². The van der Waals surface area contributed by atoms with Gasteiger partial charge in [-0.1, -0.05) is 11.6 Å². The molecule has 1 aliphatic heterocycles. The van der Waals surface area contributed by atoms with Crippen molar-refractivity contribution in [3.8, 4) is 0 Å². The quantitative estimate of drug-likeness (QED) is 0.791. The SMILES string of the molecule is CC1COCCN1c1cc(N)c(Cl)cn1. The molecule has 15 heavy (non-hydrogen) atoms. The van der Waals surface area contributed by atoms with Gasteiger partial charge in [-0.25, -0.2) is 4.98 Å². The van der Waals surface area contributed by atoms with Crippen LogP contribution >= 0.6 is 11.6 Å². The maximum Gasteiger partial charge on any atom is 0.131 e. The Morgan fingerprint density at radius 2 is 2.47 bits per heavy atom. The maximum atomic E-state index is 5.83. The summed E-state index contributed by atoms with van der Waals surface area (Å²) in [6.07, 6.45) is 1.59. The fourth-order valence-corrected chi connectivity index (χ4v) is 1.77. The van der Waals surface area contributed by atoms with E-state index in [1.807, 2.05) is 6.07 Å². The molecule has 1 aromatic rings. The Balaban J connectivity index is 2.24. The lowest BCUT2D eigenvalue weighted by molar-refractivity contribution is 0.0985. The van der Waals surface area contributed by atoms with Crippen LogP contribution in [-0.4, -0.2) is 30.8 Å². The molecular formula is C10H14ClN3O. The molecule has 1 aliphatic rings. The van der Waals surface area contributed by atoms with Gasteiger partial charge in [0.2, 0.25) is 0 Å². The molecule has 5 heteroatoms. The molecule has 2 N–H and O–H groups in total. The molecule has 82 valence electrons. The zero-order valence-corrected chi connectivity index (χ0v) is 9.37. The molecule has 0 amide bonds. The number of hydrogen-bond acceptors (Lipinski definition) is 4. The number of nitrogens with two attached hydrogens (primary N) is 1. The van der Waals surface area contributed by atoms with Gasteiger partial charge in [0.05, 0.1) is 30.0 Å². The number of morpholine rings is 1. The fourth-order valence-electron chi connectivity index (χ4n) is 1.67. The molecule has 0 spiro atoms. The number of nitrogens with zero attached hydrogens (tertiary/aromatic N) is 2. The van der Waals surface area contributed by atoms with Crippen molar-refractivity contribution in [1.82, 2.24) is 4.98 Å². The molecular weight excluding hydrogens is 214 g/mol. The van der Waals surface area contributed by atoms with Crippen molar-refractivity contribution in [3.63, 3.8) is 0 Å². The van der Waals surface area contributed by atoms with Gasteiger partial charge < -0.3 is 15.4 Å². The molecule has 0 saturated carbocycles. The Kier molecular flexibility index (Phi) is 2.98. The molecule has 1 fully saturated rings. The van der Waals surface area contributed by atoms with Crippen LogP contribution in [0.3, 0.4) is 0 Å². The third-order valence-electron chi connectivity index (χ3n) is 2.53. The number of aromatic nitrogens is 1. The van der Waals surface area contributed by atoms with Gasteiger partial charge >= 0.3 is 0 Å². The molecule has 4 nitrogen and oxygen atoms in total. The van der Waals surface area contributed by atoms with E-state index in [0.717, 1.165) is 25.6 Å². The highest BCUT2D eigenvalue weighted by molar-refractivity contribution is 6.32. The second kappa shape index (κ2) is 4.24. The largest absolute Gasteiger partial charge is 0.397 e. The molecule has 0 aromatic carbocycles. The van der Waals surface area contributed by atoms with Crippen molar-refractivity contribution in [3.05, 3.63) is 17.3 Å². The van der Waals surface area contributed by atoms with Crippen LogP contribution < -0.4 is 10.6 Å². The molecule has 2 heterocycles. The summed E-state index contributed by atoms with van der Waals surface area (Å²) in [7, 11) is 0. The summed E-state index contributed by atoms with van der Waals surface area (Å²) >= 11 is 5.83. The van der Waals surface area contributed by atoms with E-state index in [2.05, 4.69) is 16.8 Å². The van der Waals surface area contributed by atoms with E-state index in [-0.39, 0.29) is 0 Å². The van der Waals surface area contributed by atoms with Crippen LogP contribution in [0.15, 0.2) is 12.3 Å². The second-order valence-corrected chi connectivity index (χ2v) is 4.09. The number of hydrogen-bond donors (Lipinski definition) is 1. The number of nitrogen functional groups attached to an aromatic ring is 1. The van der Waals surface area contributed by atoms with E-state index in [0.29, 0.717) is 16.8 Å². The van der Waals surface area contributed by atoms with Gasteiger partial charge in [0.15, 0.2) is 0 Å². The average molecular weight is 228 g/mol. The van der Waals surface area contributed by atoms with Crippen LogP contribution in [-0.2, 0) is 4.74 Å². The van der Waals surface area contributed by atoms with Gasteiger partial charge in [0.25, 0.3) is 0 Å². The number of pyridine rings is 1. The van der Waals surface area contributed by atoms with E-state index in [1.54, 1.807) is 6.20 Å². The summed E-state index contributed by atoms with van der Waals surface area (Å²) in [5.41, 5.74) is 6.31. The summed E-state index contributed by atoms with van der Waals surface area (Å²) in [5, 5.41) is 0.500. The Hall–Kier alpha value is -1.00. The van der Waals surface area contributed by atoms with Crippen LogP contribution in [0, 0.1) is 0 Å². The summed E-state index contributed by atoms with van der Waals surface area (Å²) in [5.74, 6) is 0.868. The van der Waals surface area contributed by atoms with Crippen LogP contribution in [0.4, 0.5) is 11.5 Å². The minimum Gasteiger partial charge on any atom is -0.397 e. The van der Waals surface area contributed by atoms with Crippen molar-refractivity contribution >= 4 is 23.1 Å². The normalized spacial score (nSPS) is 21.7. The van der Waals surface area contributed by atoms with E-state index >= 15 is 0 Å². The van der Waals surface area contributed by atoms with Gasteiger partial charge in [-0.15, -0.1) is 0 Å². The highest BCUT2D eigenvalue weighted by Crippen LogP contribution is 2.24. The lowest BCUT2D eigenvalue weighted by atomic mass is 10.2. The van der Waals surface area contributed by atoms with Crippen LogP contribution in [0.25, 0.3) is 0 Å². The van der Waals surface area contributed by atoms with E-state index in [9.17, 15) is 0 Å². The predicted molar refractivity (Wildman–Crippen MR) is 61.3 cm³/mol. The first-order valence-corrected chi connectivity index (χ1v) is 5.31. The number of ether oxygens (including phenoxy) is 1. The highest BCUT2D eigenvalue weighted by Gasteiger charge is 2.20. The minimum atomic E-state index is 0.326. The molecule has 1 saturated heterocycles. The number of rotatable bonds is 1. The minimum absolute atomic E-state index is 0.326. The monoisotopic (exact) mass is 227 g/mol. The highest BCUT2D eigenvalue weighted by atomic mass is 35.5. The average Bonchev–Trinajstić information content (AvgIpc) is 2.23. The van der Waals surface area contributed by atoms with Crippen molar-refractivity contribution in [1.29, 1.82) is 0 Å². The maximum absolute atomic E-state index is 5.83. The zero-order valence-electron chi connectivity index (χ0n) is 8.61. The smallest absolute Gasteiger partial charge is 0.131 e. The van der Waals surface area contributed by atoms with Crippen LogP contribution in [0.2, 0.25) is 5.02 Å². The standard InChI is InChI=1S/C10H14ClN3O/c1-7-6-15-3-2-14(7)10-4-9(12)8(11)5-13-10/h4-5,7H,2-3,6H2,1H3,(H2,12,13). The Bertz CT molecular complexity index is 359. The second-order valence-electron chi connectivity index (χ2n) is 3.68. The Morgan fingerprint density at radius 3 is 3.13 bits per heavy atom. The third kappa shape index (κ3) is 2.16. The summed E-state index contributed by atoms with van der Waals surface area (Å²) < 4.78 is 5.36. The predicted octanol–water partition coefficient (Wildman–Crippen LogP) is 1.54. The van der Waals surface area contributed by atoms with Crippen molar-refractivity contribution in [2.24, 2.45) is 0 Å². The molecule has 1 atom stereocenters. The number of halogens is 1. The van der Waals surface area contributed by atoms with Crippen LogP contribution in [0.5, 0.6) is 0 Å². The van der Waals surface area contributed by atoms with E-state index < -0.39 is 0 Å². The number of anilines is 2. The van der Waals surface area contributed by atoms with E-state index in [1.165, 1.54) is 0 Å². The fraction of sp³-hybridized carbons (Fsp3) is 0.500. The topological polar surface area (TPSA) is 51.4 Å². The molecule has 0 bridgehead atoms. The molecule has 0 radical (unpaired) electrons. The Labute approximate surface area is 94.0 Å². The van der Waals surface area contributed by atoms with E-state index in [4.69, 9.17) is 22.1 Å². The first-order chi connectivity index (χ1) is 7.18. The summed E-state index contributed by atoms with van der Waals surface area (Å²) in [4.78, 5) is 6.45. The lowest BCUT2D eigenvalue weighted by Crippen LogP contribution is -2.44. The molecule has 1 aromatic heterocycles. The van der Waals surface area contributed by atoms with Crippen molar-refractivity contribution in [2.75, 3.05) is 30.4 Å².